The Hall–Kier alpha value is -3.10. The first kappa shape index (κ1) is 18.0. The molecular weight excluding hydrogens is 380 g/mol. The molecule has 29 heavy (non-hydrogen) atoms. The van der Waals surface area contributed by atoms with Crippen LogP contribution in [0.25, 0.3) is 22.4 Å². The van der Waals surface area contributed by atoms with Crippen LogP contribution in [0.1, 0.15) is 25.7 Å². The minimum atomic E-state index is -0.857. The van der Waals surface area contributed by atoms with Crippen molar-refractivity contribution in [3.8, 4) is 11.4 Å². The third-order valence-corrected chi connectivity index (χ3v) is 6.29. The van der Waals surface area contributed by atoms with Crippen molar-refractivity contribution >= 4 is 22.8 Å². The maximum Gasteiger partial charge on any atom is 0.308 e. The highest BCUT2D eigenvalue weighted by Crippen LogP contribution is 2.46. The number of pyridine rings is 1. The van der Waals surface area contributed by atoms with Gasteiger partial charge in [0.15, 0.2) is 17.5 Å². The number of nitrogens with one attached hydrogen (secondary N) is 2. The summed E-state index contributed by atoms with van der Waals surface area (Å²) in [5.74, 6) is -2.12. The van der Waals surface area contributed by atoms with Crippen LogP contribution in [0.15, 0.2) is 24.7 Å². The molecule has 2 atom stereocenters. The van der Waals surface area contributed by atoms with Crippen molar-refractivity contribution in [3.05, 3.63) is 36.3 Å². The smallest absolute Gasteiger partial charge is 0.308 e. The molecule has 2 bridgehead atoms. The molecule has 7 nitrogen and oxygen atoms in total. The first-order valence-corrected chi connectivity index (χ1v) is 9.66. The summed E-state index contributed by atoms with van der Waals surface area (Å²) in [6.07, 6.45) is 7.39. The number of aromatic amines is 1. The van der Waals surface area contributed by atoms with Gasteiger partial charge in [-0.25, -0.2) is 23.7 Å². The van der Waals surface area contributed by atoms with Crippen LogP contribution >= 0.6 is 0 Å². The average Bonchev–Trinajstić information content (AvgIpc) is 3.13. The van der Waals surface area contributed by atoms with Gasteiger partial charge < -0.3 is 15.4 Å². The fourth-order valence-corrected chi connectivity index (χ4v) is 4.93. The number of carbonyl (C=O) groups is 1. The molecule has 0 spiro atoms. The highest BCUT2D eigenvalue weighted by molar-refractivity contribution is 5.91. The zero-order valence-corrected chi connectivity index (χ0v) is 15.4. The number of fused-ring (bicyclic) bond motifs is 4. The number of carboxylic acids is 1. The van der Waals surface area contributed by atoms with Gasteiger partial charge in [-0.05, 0) is 43.6 Å². The van der Waals surface area contributed by atoms with Crippen LogP contribution in [0.3, 0.4) is 0 Å². The van der Waals surface area contributed by atoms with E-state index < -0.39 is 23.5 Å². The Bertz CT molecular complexity index is 1090. The van der Waals surface area contributed by atoms with E-state index in [-0.39, 0.29) is 29.5 Å². The summed E-state index contributed by atoms with van der Waals surface area (Å²) in [6, 6.07) is 0.938. The lowest BCUT2D eigenvalue weighted by Crippen LogP contribution is -2.51. The molecule has 0 radical (unpaired) electrons. The molecule has 6 rings (SSSR count). The van der Waals surface area contributed by atoms with E-state index in [1.807, 2.05) is 0 Å². The zero-order chi connectivity index (χ0) is 20.1. The summed E-state index contributed by atoms with van der Waals surface area (Å²) in [5, 5.41) is 13.3. The molecule has 1 unspecified atom stereocenters. The summed E-state index contributed by atoms with van der Waals surface area (Å²) in [6.45, 7) is 0. The number of carboxylic acid groups (broad SMARTS) is 1. The number of rotatable bonds is 4. The maximum atomic E-state index is 14.5. The Morgan fingerprint density at radius 1 is 1.14 bits per heavy atom. The number of hydrogen-bond donors (Lipinski definition) is 3. The van der Waals surface area contributed by atoms with Crippen LogP contribution in [-0.4, -0.2) is 37.1 Å². The summed E-state index contributed by atoms with van der Waals surface area (Å²) in [4.78, 5) is 27.1. The molecular formula is C20H19F2N5O2. The fourth-order valence-electron chi connectivity index (χ4n) is 4.93. The predicted molar refractivity (Wildman–Crippen MR) is 101 cm³/mol. The highest BCUT2D eigenvalue weighted by atomic mass is 19.1. The number of aromatic nitrogens is 4. The molecule has 9 heteroatoms. The Morgan fingerprint density at radius 3 is 2.66 bits per heavy atom. The summed E-state index contributed by atoms with van der Waals surface area (Å²) in [7, 11) is 0. The monoisotopic (exact) mass is 399 g/mol. The molecule has 3 fully saturated rings. The number of anilines is 1. The van der Waals surface area contributed by atoms with Crippen molar-refractivity contribution in [2.75, 3.05) is 5.32 Å². The van der Waals surface area contributed by atoms with Gasteiger partial charge in [0, 0.05) is 23.2 Å². The van der Waals surface area contributed by atoms with Gasteiger partial charge in [-0.1, -0.05) is 0 Å². The largest absolute Gasteiger partial charge is 0.481 e. The Labute approximate surface area is 164 Å². The molecule has 3 saturated carbocycles. The van der Waals surface area contributed by atoms with Crippen LogP contribution in [0.2, 0.25) is 0 Å². The second-order valence-electron chi connectivity index (χ2n) is 7.85. The van der Waals surface area contributed by atoms with E-state index in [0.29, 0.717) is 16.6 Å². The minimum Gasteiger partial charge on any atom is -0.481 e. The van der Waals surface area contributed by atoms with Crippen molar-refractivity contribution in [1.29, 1.82) is 0 Å². The molecule has 3 aliphatic rings. The van der Waals surface area contributed by atoms with E-state index in [2.05, 4.69) is 25.3 Å². The first-order valence-electron chi connectivity index (χ1n) is 9.66. The Balaban J connectivity index is 1.51. The van der Waals surface area contributed by atoms with Gasteiger partial charge >= 0.3 is 5.97 Å². The van der Waals surface area contributed by atoms with E-state index in [0.717, 1.165) is 38.1 Å². The lowest BCUT2D eigenvalue weighted by Gasteiger charge is -2.47. The van der Waals surface area contributed by atoms with E-state index in [1.54, 1.807) is 6.20 Å². The van der Waals surface area contributed by atoms with Crippen LogP contribution in [0.5, 0.6) is 0 Å². The number of nitrogens with zero attached hydrogens (tertiary/aromatic N) is 3. The number of hydrogen-bond acceptors (Lipinski definition) is 5. The van der Waals surface area contributed by atoms with Crippen LogP contribution in [-0.2, 0) is 4.79 Å². The lowest BCUT2D eigenvalue weighted by molar-refractivity contribution is -0.148. The molecule has 3 aromatic rings. The van der Waals surface area contributed by atoms with Gasteiger partial charge in [0.25, 0.3) is 0 Å². The van der Waals surface area contributed by atoms with Crippen molar-refractivity contribution in [3.63, 3.8) is 0 Å². The number of aliphatic carboxylic acids is 1. The van der Waals surface area contributed by atoms with Gasteiger partial charge in [-0.2, -0.15) is 0 Å². The quantitative estimate of drug-likeness (QED) is 0.619. The standard InChI is InChI=1S/C20H19F2N5O2/c21-11-5-12-13(7-24-17(12)23-6-11)18-25-8-14(22)19(27-18)26-16-10-3-1-9(2-4-10)15(16)20(28)29/h5-10,15-16H,1-4H2,(H,23,24)(H,28,29)(H,25,26,27)/t9?,10?,15?,16-/m0/s1. The molecule has 3 aliphatic carbocycles. The van der Waals surface area contributed by atoms with E-state index in [1.165, 1.54) is 6.07 Å². The van der Waals surface area contributed by atoms with Crippen LogP contribution in [0, 0.1) is 29.4 Å². The van der Waals surface area contributed by atoms with Crippen molar-refractivity contribution < 1.29 is 18.7 Å². The minimum absolute atomic E-state index is 0.0301. The molecule has 0 aromatic carbocycles. The molecule has 150 valence electrons. The number of H-pyrrole nitrogens is 1. The fraction of sp³-hybridized carbons (Fsp3) is 0.400. The second-order valence-corrected chi connectivity index (χ2v) is 7.85. The summed E-state index contributed by atoms with van der Waals surface area (Å²) < 4.78 is 28.1. The third kappa shape index (κ3) is 3.01. The van der Waals surface area contributed by atoms with Gasteiger partial charge in [-0.15, -0.1) is 0 Å². The van der Waals surface area contributed by atoms with Gasteiger partial charge in [0.2, 0.25) is 0 Å². The summed E-state index contributed by atoms with van der Waals surface area (Å²) >= 11 is 0. The normalized spacial score (nSPS) is 26.0. The zero-order valence-electron chi connectivity index (χ0n) is 15.4. The SMILES string of the molecule is O=C(O)C1C2CCC(CC2)[C@@H]1Nc1nc(-c2c[nH]c3ncc(F)cc23)ncc1F. The molecule has 0 saturated heterocycles. The molecule has 3 aromatic heterocycles. The van der Waals surface area contributed by atoms with Crippen LogP contribution < -0.4 is 5.32 Å². The Morgan fingerprint density at radius 2 is 1.90 bits per heavy atom. The topological polar surface area (TPSA) is 104 Å². The molecule has 3 heterocycles. The van der Waals surface area contributed by atoms with E-state index in [9.17, 15) is 18.7 Å². The van der Waals surface area contributed by atoms with E-state index in [4.69, 9.17) is 0 Å². The second kappa shape index (κ2) is 6.75. The first-order chi connectivity index (χ1) is 14.0. The van der Waals surface area contributed by atoms with Gasteiger partial charge in [-0.3, -0.25) is 4.79 Å². The lowest BCUT2D eigenvalue weighted by atomic mass is 9.61. The molecule has 3 N–H and O–H groups in total. The third-order valence-electron chi connectivity index (χ3n) is 6.29. The Kier molecular flexibility index (Phi) is 4.18. The number of halogens is 2. The van der Waals surface area contributed by atoms with Crippen molar-refractivity contribution in [2.24, 2.45) is 17.8 Å². The van der Waals surface area contributed by atoms with Gasteiger partial charge in [0.1, 0.15) is 11.5 Å². The van der Waals surface area contributed by atoms with Gasteiger partial charge in [0.05, 0.1) is 18.3 Å². The van der Waals surface area contributed by atoms with Crippen molar-refractivity contribution in [1.82, 2.24) is 19.9 Å². The predicted octanol–water partition coefficient (Wildman–Crippen LogP) is 3.60. The molecule has 0 amide bonds. The molecule has 0 aliphatic heterocycles. The average molecular weight is 399 g/mol. The summed E-state index contributed by atoms with van der Waals surface area (Å²) in [5.41, 5.74) is 0.967. The highest BCUT2D eigenvalue weighted by Gasteiger charge is 2.47. The maximum absolute atomic E-state index is 14.5. The van der Waals surface area contributed by atoms with Crippen LogP contribution in [0.4, 0.5) is 14.6 Å². The van der Waals surface area contributed by atoms with Crippen molar-refractivity contribution in [2.45, 2.75) is 31.7 Å². The van der Waals surface area contributed by atoms with E-state index >= 15 is 0 Å².